The quantitative estimate of drug-likeness (QED) is 0.748. The molecule has 3 aromatic rings. The summed E-state index contributed by atoms with van der Waals surface area (Å²) in [5.74, 6) is 1.20. The van der Waals surface area contributed by atoms with Gasteiger partial charge in [0.25, 0.3) is 0 Å². The van der Waals surface area contributed by atoms with Crippen molar-refractivity contribution < 1.29 is 4.79 Å². The summed E-state index contributed by atoms with van der Waals surface area (Å²) in [6.45, 7) is 6.65. The molecule has 1 aliphatic rings. The molecule has 0 saturated carbocycles. The summed E-state index contributed by atoms with van der Waals surface area (Å²) in [6, 6.07) is 14.4. The number of aromatic nitrogens is 2. The summed E-state index contributed by atoms with van der Waals surface area (Å²) >= 11 is 0. The first-order valence-electron chi connectivity index (χ1n) is 10.0. The number of hydrogen-bond acceptors (Lipinski definition) is 3. The van der Waals surface area contributed by atoms with Crippen molar-refractivity contribution in [1.29, 1.82) is 0 Å². The number of anilines is 1. The number of carbonyl (C=O) groups excluding carboxylic acids is 1. The molecule has 2 heterocycles. The van der Waals surface area contributed by atoms with Gasteiger partial charge in [0.05, 0.1) is 23.5 Å². The molecule has 1 saturated heterocycles. The minimum atomic E-state index is 0.0170. The third-order valence-corrected chi connectivity index (χ3v) is 5.77. The molecule has 5 heteroatoms. The van der Waals surface area contributed by atoms with Crippen molar-refractivity contribution in [2.75, 3.05) is 18.4 Å². The number of nitrogens with one attached hydrogen (secondary N) is 1. The van der Waals surface area contributed by atoms with Crippen molar-refractivity contribution in [1.82, 2.24) is 14.5 Å². The van der Waals surface area contributed by atoms with E-state index in [9.17, 15) is 4.79 Å². The molecule has 5 nitrogen and oxygen atoms in total. The summed E-state index contributed by atoms with van der Waals surface area (Å²) < 4.78 is 2.16. The van der Waals surface area contributed by atoms with Crippen LogP contribution in [-0.2, 0) is 18.4 Å². The van der Waals surface area contributed by atoms with E-state index in [1.54, 1.807) is 0 Å². The molecular formula is C23H28N4O. The van der Waals surface area contributed by atoms with Crippen molar-refractivity contribution >= 4 is 22.6 Å². The molecule has 28 heavy (non-hydrogen) atoms. The van der Waals surface area contributed by atoms with Crippen LogP contribution in [0.4, 0.5) is 5.69 Å². The lowest BCUT2D eigenvalue weighted by atomic mass is 9.96. The van der Waals surface area contributed by atoms with Gasteiger partial charge in [-0.1, -0.05) is 24.3 Å². The van der Waals surface area contributed by atoms with Crippen LogP contribution in [0.5, 0.6) is 0 Å². The lowest BCUT2D eigenvalue weighted by Crippen LogP contribution is -2.40. The molecule has 1 N–H and O–H groups in total. The molecule has 4 rings (SSSR count). The second-order valence-corrected chi connectivity index (χ2v) is 7.96. The largest absolute Gasteiger partial charge is 0.330 e. The van der Waals surface area contributed by atoms with E-state index in [4.69, 9.17) is 4.98 Å². The van der Waals surface area contributed by atoms with Crippen molar-refractivity contribution in [2.45, 2.75) is 33.2 Å². The van der Waals surface area contributed by atoms with Crippen molar-refractivity contribution in [2.24, 2.45) is 13.0 Å². The number of piperidine rings is 1. The normalized spacial score (nSPS) is 17.8. The number of benzene rings is 2. The molecule has 0 bridgehead atoms. The first kappa shape index (κ1) is 18.7. The summed E-state index contributed by atoms with van der Waals surface area (Å²) in [4.78, 5) is 20.0. The van der Waals surface area contributed by atoms with E-state index in [0.29, 0.717) is 0 Å². The van der Waals surface area contributed by atoms with Gasteiger partial charge in [-0.25, -0.2) is 4.98 Å². The zero-order chi connectivity index (χ0) is 19.7. The van der Waals surface area contributed by atoms with Crippen LogP contribution in [0, 0.1) is 19.8 Å². The predicted octanol–water partition coefficient (Wildman–Crippen LogP) is 4.04. The number of nitrogens with zero attached hydrogens (tertiary/aromatic N) is 3. The van der Waals surface area contributed by atoms with Gasteiger partial charge in [0.1, 0.15) is 5.82 Å². The van der Waals surface area contributed by atoms with E-state index in [2.05, 4.69) is 46.1 Å². The highest BCUT2D eigenvalue weighted by Crippen LogP contribution is 2.23. The zero-order valence-electron chi connectivity index (χ0n) is 16.9. The van der Waals surface area contributed by atoms with Gasteiger partial charge in [0, 0.05) is 19.3 Å². The summed E-state index contributed by atoms with van der Waals surface area (Å²) in [6.07, 6.45) is 1.98. The summed E-state index contributed by atoms with van der Waals surface area (Å²) in [5, 5.41) is 3.15. The Morgan fingerprint density at radius 1 is 1.21 bits per heavy atom. The van der Waals surface area contributed by atoms with Crippen LogP contribution in [0.3, 0.4) is 0 Å². The molecule has 1 aliphatic heterocycles. The van der Waals surface area contributed by atoms with Crippen LogP contribution in [0.15, 0.2) is 42.5 Å². The van der Waals surface area contributed by atoms with E-state index in [-0.39, 0.29) is 11.8 Å². The lowest BCUT2D eigenvalue weighted by molar-refractivity contribution is -0.121. The molecule has 146 valence electrons. The number of fused-ring (bicyclic) bond motifs is 1. The van der Waals surface area contributed by atoms with Gasteiger partial charge >= 0.3 is 0 Å². The Morgan fingerprint density at radius 2 is 2.04 bits per heavy atom. The molecule has 1 fully saturated rings. The molecule has 0 spiro atoms. The molecule has 2 aromatic carbocycles. The van der Waals surface area contributed by atoms with Crippen LogP contribution < -0.4 is 5.32 Å². The van der Waals surface area contributed by atoms with Crippen LogP contribution >= 0.6 is 0 Å². The fourth-order valence-corrected chi connectivity index (χ4v) is 4.06. The van der Waals surface area contributed by atoms with Gasteiger partial charge in [-0.15, -0.1) is 0 Å². The minimum Gasteiger partial charge on any atom is -0.330 e. The van der Waals surface area contributed by atoms with Crippen LogP contribution in [0.2, 0.25) is 0 Å². The maximum atomic E-state index is 12.9. The average molecular weight is 377 g/mol. The third kappa shape index (κ3) is 3.80. The number of carbonyl (C=O) groups is 1. The Labute approximate surface area is 166 Å². The zero-order valence-corrected chi connectivity index (χ0v) is 16.9. The minimum absolute atomic E-state index is 0.0170. The Kier molecular flexibility index (Phi) is 5.18. The molecule has 0 aliphatic carbocycles. The molecule has 0 radical (unpaired) electrons. The van der Waals surface area contributed by atoms with E-state index >= 15 is 0 Å². The van der Waals surface area contributed by atoms with Gasteiger partial charge in [-0.3, -0.25) is 9.69 Å². The second kappa shape index (κ2) is 7.76. The number of para-hydroxylation sites is 2. The van der Waals surface area contributed by atoms with Gasteiger partial charge in [-0.2, -0.15) is 0 Å². The van der Waals surface area contributed by atoms with E-state index in [1.807, 2.05) is 32.0 Å². The van der Waals surface area contributed by atoms with Crippen LogP contribution in [0.1, 0.15) is 29.8 Å². The fourth-order valence-electron chi connectivity index (χ4n) is 4.06. The van der Waals surface area contributed by atoms with E-state index in [0.717, 1.165) is 66.1 Å². The maximum absolute atomic E-state index is 12.9. The van der Waals surface area contributed by atoms with Gasteiger partial charge in [0.15, 0.2) is 0 Å². The van der Waals surface area contributed by atoms with Crippen LogP contribution in [-0.4, -0.2) is 33.4 Å². The first-order chi connectivity index (χ1) is 13.5. The fraction of sp³-hybridized carbons (Fsp3) is 0.391. The number of amides is 1. The Morgan fingerprint density at radius 3 is 2.86 bits per heavy atom. The van der Waals surface area contributed by atoms with E-state index < -0.39 is 0 Å². The van der Waals surface area contributed by atoms with Gasteiger partial charge < -0.3 is 9.88 Å². The number of rotatable bonds is 4. The second-order valence-electron chi connectivity index (χ2n) is 7.96. The summed E-state index contributed by atoms with van der Waals surface area (Å²) in [5.41, 5.74) is 5.37. The number of hydrogen-bond donors (Lipinski definition) is 1. The molecule has 1 amide bonds. The Hall–Kier alpha value is -2.66. The van der Waals surface area contributed by atoms with Crippen molar-refractivity contribution in [3.05, 3.63) is 59.4 Å². The number of imidazole rings is 1. The van der Waals surface area contributed by atoms with E-state index in [1.165, 1.54) is 0 Å². The average Bonchev–Trinajstić information content (AvgIpc) is 3.01. The topological polar surface area (TPSA) is 50.2 Å². The Bertz CT molecular complexity index is 1010. The Balaban J connectivity index is 1.44. The molecule has 0 unspecified atom stereocenters. The SMILES string of the molecule is Cc1ccc(C)c(NC(=O)[C@@H]2CCCN(Cc3nc4ccccc4n3C)C2)c1. The number of aryl methyl sites for hydroxylation is 3. The van der Waals surface area contributed by atoms with Crippen molar-refractivity contribution in [3.63, 3.8) is 0 Å². The smallest absolute Gasteiger partial charge is 0.228 e. The molecular weight excluding hydrogens is 348 g/mol. The highest BCUT2D eigenvalue weighted by atomic mass is 16.1. The van der Waals surface area contributed by atoms with Crippen molar-refractivity contribution in [3.8, 4) is 0 Å². The molecule has 1 aromatic heterocycles. The highest BCUT2D eigenvalue weighted by molar-refractivity contribution is 5.93. The maximum Gasteiger partial charge on any atom is 0.228 e. The summed E-state index contributed by atoms with van der Waals surface area (Å²) in [7, 11) is 2.07. The predicted molar refractivity (Wildman–Crippen MR) is 113 cm³/mol. The highest BCUT2D eigenvalue weighted by Gasteiger charge is 2.27. The third-order valence-electron chi connectivity index (χ3n) is 5.77. The standard InChI is InChI=1S/C23H28N4O/c1-16-10-11-17(2)20(13-16)25-23(28)18-7-6-12-27(14-18)15-22-24-19-8-4-5-9-21(19)26(22)3/h4-5,8-11,13,18H,6-7,12,14-15H2,1-3H3,(H,25,28)/t18-/m1/s1. The van der Waals surface area contributed by atoms with Gasteiger partial charge in [0.2, 0.25) is 5.91 Å². The monoisotopic (exact) mass is 376 g/mol. The first-order valence-corrected chi connectivity index (χ1v) is 10.0. The number of likely N-dealkylation sites (tertiary alicyclic amines) is 1. The van der Waals surface area contributed by atoms with Crippen LogP contribution in [0.25, 0.3) is 11.0 Å². The van der Waals surface area contributed by atoms with Gasteiger partial charge in [-0.05, 0) is 62.6 Å². The molecule has 1 atom stereocenters. The lowest BCUT2D eigenvalue weighted by Gasteiger charge is -2.31.